The van der Waals surface area contributed by atoms with Gasteiger partial charge in [0, 0.05) is 25.3 Å². The summed E-state index contributed by atoms with van der Waals surface area (Å²) in [5.41, 5.74) is 4.21. The van der Waals surface area contributed by atoms with Gasteiger partial charge >= 0.3 is 0 Å². The highest BCUT2D eigenvalue weighted by atomic mass is 15.1. The van der Waals surface area contributed by atoms with Crippen molar-refractivity contribution in [3.8, 4) is 0 Å². The number of benzene rings is 1. The highest BCUT2D eigenvalue weighted by Crippen LogP contribution is 2.29. The summed E-state index contributed by atoms with van der Waals surface area (Å²) >= 11 is 0. The zero-order valence-electron chi connectivity index (χ0n) is 12.7. The van der Waals surface area contributed by atoms with Crippen molar-refractivity contribution in [3.63, 3.8) is 0 Å². The van der Waals surface area contributed by atoms with Crippen molar-refractivity contribution in [3.05, 3.63) is 29.3 Å². The first-order valence-corrected chi connectivity index (χ1v) is 7.75. The lowest BCUT2D eigenvalue weighted by Crippen LogP contribution is -2.29. The highest BCUT2D eigenvalue weighted by molar-refractivity contribution is 5.54. The van der Waals surface area contributed by atoms with Crippen LogP contribution in [0.4, 0.5) is 5.69 Å². The number of nitrogens with zero attached hydrogens (tertiary/aromatic N) is 1. The van der Waals surface area contributed by atoms with Gasteiger partial charge in [-0.15, -0.1) is 0 Å². The van der Waals surface area contributed by atoms with E-state index in [0.29, 0.717) is 0 Å². The van der Waals surface area contributed by atoms with E-state index in [-0.39, 0.29) is 0 Å². The number of nitrogens with one attached hydrogen (secondary N) is 1. The van der Waals surface area contributed by atoms with Gasteiger partial charge in [-0.25, -0.2) is 0 Å². The minimum absolute atomic E-state index is 0.753. The van der Waals surface area contributed by atoms with E-state index < -0.39 is 0 Å². The minimum atomic E-state index is 0.753. The van der Waals surface area contributed by atoms with Crippen LogP contribution in [0.15, 0.2) is 18.2 Å². The lowest BCUT2D eigenvalue weighted by atomic mass is 10.1. The molecule has 1 aliphatic carbocycles. The van der Waals surface area contributed by atoms with Crippen LogP contribution in [-0.2, 0) is 6.54 Å². The van der Waals surface area contributed by atoms with Crippen LogP contribution in [0.1, 0.15) is 50.2 Å². The van der Waals surface area contributed by atoms with Crippen LogP contribution in [0.25, 0.3) is 0 Å². The van der Waals surface area contributed by atoms with Crippen LogP contribution >= 0.6 is 0 Å². The molecule has 19 heavy (non-hydrogen) atoms. The van der Waals surface area contributed by atoms with Gasteiger partial charge in [0.15, 0.2) is 0 Å². The Bertz CT molecular complexity index is 394. The molecule has 106 valence electrons. The molecule has 1 N–H and O–H groups in total. The summed E-state index contributed by atoms with van der Waals surface area (Å²) in [7, 11) is 2.26. The fourth-order valence-electron chi connectivity index (χ4n) is 3.12. The second-order valence-corrected chi connectivity index (χ2v) is 5.85. The third-order valence-electron chi connectivity index (χ3n) is 4.27. The van der Waals surface area contributed by atoms with Crippen molar-refractivity contribution in [2.24, 2.45) is 0 Å². The first-order chi connectivity index (χ1) is 9.22. The molecule has 2 rings (SSSR count). The van der Waals surface area contributed by atoms with E-state index in [1.165, 1.54) is 48.9 Å². The molecule has 0 unspecified atom stereocenters. The van der Waals surface area contributed by atoms with Gasteiger partial charge < -0.3 is 10.2 Å². The largest absolute Gasteiger partial charge is 0.371 e. The van der Waals surface area contributed by atoms with Gasteiger partial charge in [0.2, 0.25) is 0 Å². The first-order valence-electron chi connectivity index (χ1n) is 7.75. The smallest absolute Gasteiger partial charge is 0.0396 e. The SMILES string of the molecule is CCCNCc1ccc(N(C)C2CCCC2)c(C)c1. The number of hydrogen-bond donors (Lipinski definition) is 1. The molecule has 0 heterocycles. The van der Waals surface area contributed by atoms with Gasteiger partial charge in [0.05, 0.1) is 0 Å². The van der Waals surface area contributed by atoms with Crippen LogP contribution < -0.4 is 10.2 Å². The van der Waals surface area contributed by atoms with Crippen molar-refractivity contribution in [2.75, 3.05) is 18.5 Å². The molecule has 1 aromatic carbocycles. The van der Waals surface area contributed by atoms with E-state index in [1.807, 2.05) is 0 Å². The Balaban J connectivity index is 2.01. The predicted molar refractivity (Wildman–Crippen MR) is 83.8 cm³/mol. The van der Waals surface area contributed by atoms with E-state index in [0.717, 1.165) is 19.1 Å². The number of aryl methyl sites for hydroxylation is 1. The lowest BCUT2D eigenvalue weighted by molar-refractivity contribution is 0.651. The zero-order valence-corrected chi connectivity index (χ0v) is 12.7. The molecule has 0 amide bonds. The molecule has 2 nitrogen and oxygen atoms in total. The summed E-state index contributed by atoms with van der Waals surface area (Å²) in [6.07, 6.45) is 6.70. The van der Waals surface area contributed by atoms with Crippen molar-refractivity contribution in [1.82, 2.24) is 5.32 Å². The van der Waals surface area contributed by atoms with Gasteiger partial charge in [0.25, 0.3) is 0 Å². The second-order valence-electron chi connectivity index (χ2n) is 5.85. The van der Waals surface area contributed by atoms with Crippen molar-refractivity contribution >= 4 is 5.69 Å². The van der Waals surface area contributed by atoms with Crippen LogP contribution in [0.3, 0.4) is 0 Å². The fraction of sp³-hybridized carbons (Fsp3) is 0.647. The summed E-state index contributed by atoms with van der Waals surface area (Å²) in [5, 5.41) is 3.47. The van der Waals surface area contributed by atoms with Crippen molar-refractivity contribution in [2.45, 2.75) is 58.5 Å². The Morgan fingerprint density at radius 2 is 2.00 bits per heavy atom. The Labute approximate surface area is 118 Å². The third kappa shape index (κ3) is 3.73. The molecule has 2 heteroatoms. The summed E-state index contributed by atoms with van der Waals surface area (Å²) in [4.78, 5) is 2.49. The highest BCUT2D eigenvalue weighted by Gasteiger charge is 2.20. The summed E-state index contributed by atoms with van der Waals surface area (Å²) in [6.45, 7) is 6.53. The molecule has 0 aliphatic heterocycles. The van der Waals surface area contributed by atoms with Gasteiger partial charge in [0.1, 0.15) is 0 Å². The normalized spacial score (nSPS) is 15.9. The maximum atomic E-state index is 3.47. The fourth-order valence-corrected chi connectivity index (χ4v) is 3.12. The van der Waals surface area contributed by atoms with Crippen molar-refractivity contribution < 1.29 is 0 Å². The summed E-state index contributed by atoms with van der Waals surface area (Å²) in [6, 6.07) is 7.67. The summed E-state index contributed by atoms with van der Waals surface area (Å²) < 4.78 is 0. The number of hydrogen-bond acceptors (Lipinski definition) is 2. The van der Waals surface area contributed by atoms with Gasteiger partial charge in [-0.2, -0.15) is 0 Å². The Hall–Kier alpha value is -1.02. The van der Waals surface area contributed by atoms with E-state index in [1.54, 1.807) is 0 Å². The van der Waals surface area contributed by atoms with Crippen molar-refractivity contribution in [1.29, 1.82) is 0 Å². The molecule has 0 saturated heterocycles. The average Bonchev–Trinajstić information content (AvgIpc) is 2.92. The standard InChI is InChI=1S/C17H28N2/c1-4-11-18-13-15-9-10-17(14(2)12-15)19(3)16-7-5-6-8-16/h9-10,12,16,18H,4-8,11,13H2,1-3H3. The van der Waals surface area contributed by atoms with Gasteiger partial charge in [-0.05, 0) is 49.9 Å². The lowest BCUT2D eigenvalue weighted by Gasteiger charge is -2.28. The van der Waals surface area contributed by atoms with Crippen LogP contribution in [-0.4, -0.2) is 19.6 Å². The Morgan fingerprint density at radius 1 is 1.26 bits per heavy atom. The monoisotopic (exact) mass is 260 g/mol. The van der Waals surface area contributed by atoms with Gasteiger partial charge in [-0.3, -0.25) is 0 Å². The molecule has 0 aromatic heterocycles. The van der Waals surface area contributed by atoms with E-state index in [4.69, 9.17) is 0 Å². The predicted octanol–water partition coefficient (Wildman–Crippen LogP) is 3.87. The molecule has 1 fully saturated rings. The average molecular weight is 260 g/mol. The molecule has 1 aromatic rings. The van der Waals surface area contributed by atoms with E-state index in [9.17, 15) is 0 Å². The zero-order chi connectivity index (χ0) is 13.7. The molecule has 0 spiro atoms. The number of rotatable bonds is 6. The maximum Gasteiger partial charge on any atom is 0.0396 e. The molecule has 0 bridgehead atoms. The van der Waals surface area contributed by atoms with Crippen LogP contribution in [0, 0.1) is 6.92 Å². The van der Waals surface area contributed by atoms with E-state index >= 15 is 0 Å². The molecular weight excluding hydrogens is 232 g/mol. The molecule has 0 radical (unpaired) electrons. The van der Waals surface area contributed by atoms with Crippen LogP contribution in [0.5, 0.6) is 0 Å². The molecule has 1 saturated carbocycles. The molecule has 0 atom stereocenters. The Morgan fingerprint density at radius 3 is 2.63 bits per heavy atom. The van der Waals surface area contributed by atoms with Crippen LogP contribution in [0.2, 0.25) is 0 Å². The summed E-state index contributed by atoms with van der Waals surface area (Å²) in [5.74, 6) is 0. The first kappa shape index (κ1) is 14.4. The number of anilines is 1. The quantitative estimate of drug-likeness (QED) is 0.781. The van der Waals surface area contributed by atoms with Gasteiger partial charge in [-0.1, -0.05) is 31.9 Å². The topological polar surface area (TPSA) is 15.3 Å². The third-order valence-corrected chi connectivity index (χ3v) is 4.27. The molecular formula is C17H28N2. The minimum Gasteiger partial charge on any atom is -0.371 e. The maximum absolute atomic E-state index is 3.47. The Kier molecular flexibility index (Phi) is 5.26. The van der Waals surface area contributed by atoms with E-state index in [2.05, 4.69) is 49.3 Å². The second kappa shape index (κ2) is 6.95. The molecule has 1 aliphatic rings.